The molecule has 23 heteroatoms. The minimum atomic E-state index is -5.02. The monoisotopic (exact) mass is 1070 g/mol. The van der Waals surface area contributed by atoms with E-state index in [9.17, 15) is 46.2 Å². The van der Waals surface area contributed by atoms with Crippen molar-refractivity contribution in [3.05, 3.63) is 101 Å². The summed E-state index contributed by atoms with van der Waals surface area (Å²) >= 11 is 0. The number of methoxy groups -OCH3 is 2. The molecule has 2 bridgehead atoms. The van der Waals surface area contributed by atoms with E-state index in [1.807, 2.05) is 22.8 Å². The number of pyridine rings is 1. The van der Waals surface area contributed by atoms with E-state index in [2.05, 4.69) is 42.4 Å². The van der Waals surface area contributed by atoms with E-state index >= 15 is 0 Å². The summed E-state index contributed by atoms with van der Waals surface area (Å²) in [6, 6.07) is 13.4. The largest absolute Gasteiger partial charge is 0.453 e. The molecule has 2 unspecified atom stereocenters. The van der Waals surface area contributed by atoms with Crippen molar-refractivity contribution in [3.63, 3.8) is 0 Å². The van der Waals surface area contributed by atoms with Gasteiger partial charge < -0.3 is 50.9 Å². The first-order valence-corrected chi connectivity index (χ1v) is 24.7. The Labute approximate surface area is 438 Å². The molecule has 7 N–H and O–H groups in total. The Hall–Kier alpha value is -6.87. The number of benzene rings is 2. The fourth-order valence-corrected chi connectivity index (χ4v) is 9.31. The predicted molar refractivity (Wildman–Crippen MR) is 273 cm³/mol. The third kappa shape index (κ3) is 15.2. The van der Waals surface area contributed by atoms with Gasteiger partial charge in [0.05, 0.1) is 51.0 Å². The van der Waals surface area contributed by atoms with E-state index in [4.69, 9.17) is 19.9 Å². The summed E-state index contributed by atoms with van der Waals surface area (Å²) in [5, 5.41) is 30.0. The van der Waals surface area contributed by atoms with Gasteiger partial charge >= 0.3 is 24.9 Å². The van der Waals surface area contributed by atoms with Gasteiger partial charge in [0.15, 0.2) is 0 Å². The first-order valence-electron chi connectivity index (χ1n) is 24.7. The minimum absolute atomic E-state index is 0.121. The van der Waals surface area contributed by atoms with Crippen LogP contribution in [0.4, 0.5) is 37.4 Å². The van der Waals surface area contributed by atoms with Gasteiger partial charge in [-0.2, -0.15) is 22.0 Å². The van der Waals surface area contributed by atoms with Crippen LogP contribution in [-0.4, -0.2) is 152 Å². The van der Waals surface area contributed by atoms with Gasteiger partial charge in [-0.15, -0.1) is 0 Å². The van der Waals surface area contributed by atoms with Crippen molar-refractivity contribution in [2.24, 2.45) is 10.8 Å². The highest BCUT2D eigenvalue weighted by Gasteiger charge is 2.56. The molecule has 0 aliphatic carbocycles. The van der Waals surface area contributed by atoms with Gasteiger partial charge in [0.2, 0.25) is 5.91 Å². The highest BCUT2D eigenvalue weighted by molar-refractivity contribution is 6.08. The first kappa shape index (κ1) is 58.4. The number of nitrogens with one attached hydrogen (secondary N) is 6. The molecular formula is C53H67F5N10O8. The summed E-state index contributed by atoms with van der Waals surface area (Å²) in [5.41, 5.74) is 1.71. The summed E-state index contributed by atoms with van der Waals surface area (Å²) < 4.78 is 84.3. The number of carbonyl (C=O) groups excluding carboxylic acids is 4. The normalized spacial score (nSPS) is 18.8. The quantitative estimate of drug-likeness (QED) is 0.0250. The van der Waals surface area contributed by atoms with Crippen LogP contribution in [0.1, 0.15) is 75.3 Å². The fourth-order valence-electron chi connectivity index (χ4n) is 9.31. The molecule has 412 valence electrons. The van der Waals surface area contributed by atoms with E-state index in [-0.39, 0.29) is 18.5 Å². The van der Waals surface area contributed by atoms with Gasteiger partial charge in [-0.1, -0.05) is 69.0 Å². The molecule has 0 spiro atoms. The van der Waals surface area contributed by atoms with Crippen LogP contribution in [0.3, 0.4) is 0 Å². The SMILES string of the molecule is COC(=O)N[C@H](C(=O)NN(Cc1ccc(/C(C=N)=C/NC(F)F)cc1)C[C@H](O)[C@H](Cc1ccc(C#Cc2ccc(N3CC4CCC(C3)N4C3COC3)nc2)cc1)NC(=O)[C@@H](NC(=O)OC)C(C)(C)C(F)(F)F)C(C)(C)C. The number of hydrazine groups is 1. The maximum absolute atomic E-state index is 14.6. The molecule has 0 radical (unpaired) electrons. The number of aromatic nitrogens is 1. The van der Waals surface area contributed by atoms with Crippen molar-refractivity contribution in [3.8, 4) is 11.8 Å². The summed E-state index contributed by atoms with van der Waals surface area (Å²) in [4.78, 5) is 62.7. The maximum Gasteiger partial charge on any atom is 0.407 e. The number of allylic oxidation sites excluding steroid dienone is 1. The van der Waals surface area contributed by atoms with Gasteiger partial charge in [0.1, 0.15) is 17.9 Å². The summed E-state index contributed by atoms with van der Waals surface area (Å²) in [7, 11) is 2.04. The molecule has 6 rings (SSSR count). The number of alkyl carbamates (subject to hydrolysis) is 2. The number of fused-ring (bicyclic) bond motifs is 2. The number of anilines is 1. The number of hydrogen-bond donors (Lipinski definition) is 7. The number of aliphatic hydroxyl groups is 1. The maximum atomic E-state index is 14.6. The molecule has 76 heavy (non-hydrogen) atoms. The molecule has 18 nitrogen and oxygen atoms in total. The van der Waals surface area contributed by atoms with E-state index in [0.717, 1.165) is 85.4 Å². The Bertz CT molecular complexity index is 2570. The molecule has 4 heterocycles. The number of piperazine rings is 1. The number of hydrogen-bond acceptors (Lipinski definition) is 14. The molecule has 6 atom stereocenters. The van der Waals surface area contributed by atoms with E-state index in [1.165, 1.54) is 17.1 Å². The second-order valence-electron chi connectivity index (χ2n) is 20.7. The molecule has 3 fully saturated rings. The molecular weight excluding hydrogens is 1000 g/mol. The second-order valence-corrected chi connectivity index (χ2v) is 20.7. The average molecular weight is 1070 g/mol. The third-order valence-electron chi connectivity index (χ3n) is 13.8. The van der Waals surface area contributed by atoms with E-state index < -0.39 is 78.3 Å². The van der Waals surface area contributed by atoms with Crippen molar-refractivity contribution in [2.45, 2.75) is 116 Å². The van der Waals surface area contributed by atoms with Crippen LogP contribution in [0, 0.1) is 28.1 Å². The zero-order chi connectivity index (χ0) is 55.5. The van der Waals surface area contributed by atoms with E-state index in [0.29, 0.717) is 45.9 Å². The molecule has 4 amide bonds. The van der Waals surface area contributed by atoms with Crippen molar-refractivity contribution in [2.75, 3.05) is 52.0 Å². The smallest absolute Gasteiger partial charge is 0.407 e. The van der Waals surface area contributed by atoms with Crippen LogP contribution < -0.4 is 31.6 Å². The van der Waals surface area contributed by atoms with Gasteiger partial charge in [-0.05, 0) is 79.5 Å². The Balaban J connectivity index is 1.26. The minimum Gasteiger partial charge on any atom is -0.453 e. The predicted octanol–water partition coefficient (Wildman–Crippen LogP) is 5.34. The Morgan fingerprint density at radius 3 is 1.92 bits per heavy atom. The number of alkyl halides is 5. The first-order chi connectivity index (χ1) is 35.9. The van der Waals surface area contributed by atoms with Crippen LogP contribution in [0.5, 0.6) is 0 Å². The Morgan fingerprint density at radius 1 is 0.829 bits per heavy atom. The molecule has 3 aromatic rings. The van der Waals surface area contributed by atoms with Gasteiger partial charge in [0.25, 0.3) is 5.91 Å². The number of nitrogens with zero attached hydrogens (tertiary/aromatic N) is 4. The number of ether oxygens (including phenoxy) is 3. The Morgan fingerprint density at radius 2 is 1.41 bits per heavy atom. The standard InChI is InChI=1S/C53H67F5N10O8/c1-51(2,3)44(63-49(72)74-6)47(71)65-67(26-35-14-17-36(18-15-35)37(23-59)25-61-48(54)55)29-42(69)41(62-46(70)45(64-50(73)75-7)52(4,5)53(56,57)58)22-33-11-8-32(9-12-33)10-13-34-16-21-43(60-24-34)66-27-38-19-20-39(28-66)68(38)40-30-76-31-40/h8-9,11-12,14-18,21,23-25,38-42,44-45,48,59,61,69H,19-20,22,26-31H2,1-7H3,(H,62,70)(H,63,72)(H,64,73)(H,65,71)/b37-25+,59-23?/t38?,39?,41-,42-,44+,45+/m0/s1. The van der Waals surface area contributed by atoms with Crippen LogP contribution in [0.2, 0.25) is 0 Å². The number of amides is 4. The lowest BCUT2D eigenvalue weighted by Crippen LogP contribution is -2.63. The van der Waals surface area contributed by atoms with Crippen LogP contribution in [0.15, 0.2) is 73.1 Å². The molecule has 3 saturated heterocycles. The van der Waals surface area contributed by atoms with Crippen LogP contribution in [0.25, 0.3) is 5.57 Å². The highest BCUT2D eigenvalue weighted by atomic mass is 19.4. The highest BCUT2D eigenvalue weighted by Crippen LogP contribution is 2.41. The zero-order valence-corrected chi connectivity index (χ0v) is 43.5. The number of rotatable bonds is 20. The van der Waals surface area contributed by atoms with E-state index in [1.54, 1.807) is 63.4 Å². The number of carbonyl (C=O) groups is 4. The lowest BCUT2D eigenvalue weighted by Gasteiger charge is -2.47. The molecule has 1 aromatic heterocycles. The van der Waals surface area contributed by atoms with Gasteiger partial charge in [0, 0.05) is 73.6 Å². The number of aliphatic hydroxyl groups excluding tert-OH is 1. The average Bonchev–Trinajstić information content (AvgIpc) is 3.58. The lowest BCUT2D eigenvalue weighted by molar-refractivity contribution is -0.220. The molecule has 2 aromatic carbocycles. The van der Waals surface area contributed by atoms with Crippen LogP contribution >= 0.6 is 0 Å². The molecule has 3 aliphatic rings. The summed E-state index contributed by atoms with van der Waals surface area (Å²) in [5.74, 6) is 5.07. The van der Waals surface area contributed by atoms with Crippen molar-refractivity contribution >= 4 is 41.6 Å². The van der Waals surface area contributed by atoms with Gasteiger partial charge in [-0.3, -0.25) is 19.9 Å². The second kappa shape index (κ2) is 25.3. The van der Waals surface area contributed by atoms with Gasteiger partial charge in [-0.25, -0.2) is 19.6 Å². The number of halogens is 5. The zero-order valence-electron chi connectivity index (χ0n) is 43.5. The van der Waals surface area contributed by atoms with Crippen LogP contribution in [-0.2, 0) is 36.8 Å². The third-order valence-corrected chi connectivity index (χ3v) is 13.8. The fraction of sp³-hybridized carbons (Fsp3) is 0.509. The van der Waals surface area contributed by atoms with Crippen molar-refractivity contribution < 1.29 is 60.4 Å². The topological polar surface area (TPSA) is 223 Å². The summed E-state index contributed by atoms with van der Waals surface area (Å²) in [6.07, 6.45) is -3.24. The van der Waals surface area contributed by atoms with Crippen molar-refractivity contribution in [1.82, 2.24) is 41.6 Å². The Kier molecular flexibility index (Phi) is 19.4. The van der Waals surface area contributed by atoms with Crippen molar-refractivity contribution in [1.29, 1.82) is 5.41 Å². The summed E-state index contributed by atoms with van der Waals surface area (Å²) in [6.45, 7) is 6.31. The lowest BCUT2D eigenvalue weighted by atomic mass is 9.82. The molecule has 0 saturated carbocycles. The molecule has 3 aliphatic heterocycles.